The van der Waals surface area contributed by atoms with Crippen molar-refractivity contribution in [3.05, 3.63) is 24.3 Å². The summed E-state index contributed by atoms with van der Waals surface area (Å²) in [5, 5.41) is 8.78. The molecule has 0 aliphatic heterocycles. The minimum atomic E-state index is -2.87. The molecule has 0 radical (unpaired) electrons. The first-order valence-corrected chi connectivity index (χ1v) is 3.89. The molecule has 0 aromatic heterocycles. The van der Waals surface area contributed by atoms with E-state index < -0.39 is 11.0 Å². The number of phenols is 1. The van der Waals surface area contributed by atoms with Crippen LogP contribution in [0, 0.1) is 0 Å². The summed E-state index contributed by atoms with van der Waals surface area (Å²) in [5.41, 5.74) is 0. The van der Waals surface area contributed by atoms with E-state index in [0.29, 0.717) is 0 Å². The van der Waals surface area contributed by atoms with E-state index in [-0.39, 0.29) is 11.5 Å². The first-order chi connectivity index (χ1) is 5.18. The molecule has 0 aliphatic carbocycles. The Morgan fingerprint density at radius 3 is 2.18 bits per heavy atom. The van der Waals surface area contributed by atoms with Gasteiger partial charge in [-0.05, 0) is 24.3 Å². The zero-order chi connectivity index (χ0) is 8.27. The van der Waals surface area contributed by atoms with E-state index in [1.54, 1.807) is 0 Å². The fourth-order valence-corrected chi connectivity index (χ4v) is 0.887. The third-order valence-corrected chi connectivity index (χ3v) is 1.38. The van der Waals surface area contributed by atoms with E-state index in [4.69, 9.17) is 5.11 Å². The lowest BCUT2D eigenvalue weighted by Crippen LogP contribution is -1.88. The number of benzene rings is 1. The van der Waals surface area contributed by atoms with Crippen molar-refractivity contribution in [1.29, 1.82) is 0 Å². The second-order valence-electron chi connectivity index (χ2n) is 1.81. The molecule has 0 saturated heterocycles. The van der Waals surface area contributed by atoms with E-state index in [1.807, 2.05) is 0 Å². The van der Waals surface area contributed by atoms with E-state index in [9.17, 15) is 8.42 Å². The van der Waals surface area contributed by atoms with Crippen LogP contribution < -0.4 is 4.18 Å². The third kappa shape index (κ3) is 2.46. The van der Waals surface area contributed by atoms with Crippen LogP contribution >= 0.6 is 0 Å². The van der Waals surface area contributed by atoms with Crippen LogP contribution in [0.3, 0.4) is 0 Å². The molecular formula is C6H6O4S. The summed E-state index contributed by atoms with van der Waals surface area (Å²) in [6, 6.07) is 5.41. The van der Waals surface area contributed by atoms with Crippen LogP contribution in [0.15, 0.2) is 24.3 Å². The number of rotatable bonds is 2. The van der Waals surface area contributed by atoms with Crippen LogP contribution in [0.2, 0.25) is 0 Å². The van der Waals surface area contributed by atoms with E-state index in [0.717, 1.165) is 0 Å². The molecule has 5 heteroatoms. The zero-order valence-corrected chi connectivity index (χ0v) is 6.32. The van der Waals surface area contributed by atoms with Crippen LogP contribution in [0.5, 0.6) is 11.5 Å². The maximum Gasteiger partial charge on any atom is 0.299 e. The number of hydrogen-bond acceptors (Lipinski definition) is 4. The molecule has 0 fully saturated rings. The first kappa shape index (κ1) is 7.87. The van der Waals surface area contributed by atoms with Crippen LogP contribution in [-0.2, 0) is 11.0 Å². The first-order valence-electron chi connectivity index (χ1n) is 2.80. The van der Waals surface area contributed by atoms with Gasteiger partial charge in [-0.15, -0.1) is 0 Å². The number of aromatic hydroxyl groups is 1. The summed E-state index contributed by atoms with van der Waals surface area (Å²) < 4.78 is 24.3. The molecule has 0 spiro atoms. The molecular weight excluding hydrogens is 168 g/mol. The maximum absolute atomic E-state index is 10.0. The van der Waals surface area contributed by atoms with Crippen LogP contribution in [0.4, 0.5) is 0 Å². The van der Waals surface area contributed by atoms with Gasteiger partial charge in [0.05, 0.1) is 0 Å². The van der Waals surface area contributed by atoms with Gasteiger partial charge in [0.2, 0.25) is 0 Å². The van der Waals surface area contributed by atoms with Crippen molar-refractivity contribution in [2.45, 2.75) is 0 Å². The Morgan fingerprint density at radius 1 is 1.18 bits per heavy atom. The molecule has 0 aliphatic rings. The summed E-state index contributed by atoms with van der Waals surface area (Å²) in [7, 11) is -2.87. The lowest BCUT2D eigenvalue weighted by atomic mass is 10.3. The molecule has 4 nitrogen and oxygen atoms in total. The van der Waals surface area contributed by atoms with Gasteiger partial charge in [0.15, 0.2) is 0 Å². The molecule has 0 unspecified atom stereocenters. The standard InChI is InChI=1S/C6H6O4S/c7-5-1-3-6(4-2-5)10-11(8)9/h1-4,7,11H. The van der Waals surface area contributed by atoms with Crippen molar-refractivity contribution in [1.82, 2.24) is 0 Å². The summed E-state index contributed by atoms with van der Waals surface area (Å²) in [4.78, 5) is 0. The van der Waals surface area contributed by atoms with Crippen molar-refractivity contribution in [2.75, 3.05) is 0 Å². The van der Waals surface area contributed by atoms with Gasteiger partial charge in [-0.1, -0.05) is 0 Å². The summed E-state index contributed by atoms with van der Waals surface area (Å²) in [5.74, 6) is 0.261. The van der Waals surface area contributed by atoms with Crippen molar-refractivity contribution in [3.63, 3.8) is 0 Å². The summed E-state index contributed by atoms with van der Waals surface area (Å²) >= 11 is 0. The Kier molecular flexibility index (Phi) is 2.32. The van der Waals surface area contributed by atoms with Gasteiger partial charge >= 0.3 is 0 Å². The quantitative estimate of drug-likeness (QED) is 0.633. The molecule has 1 N–H and O–H groups in total. The average molecular weight is 174 g/mol. The normalized spacial score (nSPS) is 9.91. The zero-order valence-electron chi connectivity index (χ0n) is 5.43. The maximum atomic E-state index is 10.0. The van der Waals surface area contributed by atoms with Crippen LogP contribution in [0.1, 0.15) is 0 Å². The number of phenolic OH excluding ortho intramolecular Hbond substituents is 1. The predicted molar refractivity (Wildman–Crippen MR) is 39.0 cm³/mol. The van der Waals surface area contributed by atoms with Gasteiger partial charge in [-0.2, -0.15) is 8.42 Å². The van der Waals surface area contributed by atoms with Gasteiger partial charge in [-0.25, -0.2) is 0 Å². The van der Waals surface area contributed by atoms with Gasteiger partial charge in [0, 0.05) is 0 Å². The van der Waals surface area contributed by atoms with E-state index in [2.05, 4.69) is 4.18 Å². The molecule has 0 bridgehead atoms. The van der Waals surface area contributed by atoms with Crippen molar-refractivity contribution in [2.24, 2.45) is 0 Å². The Bertz CT molecular complexity index is 293. The molecule has 0 heterocycles. The molecule has 1 rings (SSSR count). The van der Waals surface area contributed by atoms with Crippen molar-refractivity contribution < 1.29 is 17.7 Å². The smallest absolute Gasteiger partial charge is 0.299 e. The van der Waals surface area contributed by atoms with E-state index >= 15 is 0 Å². The number of thiol groups is 1. The monoisotopic (exact) mass is 174 g/mol. The third-order valence-electron chi connectivity index (χ3n) is 1.02. The molecule has 0 amide bonds. The Hall–Kier alpha value is -1.23. The van der Waals surface area contributed by atoms with Gasteiger partial charge in [0.1, 0.15) is 11.5 Å². The Labute approximate surface area is 65.2 Å². The lowest BCUT2D eigenvalue weighted by molar-refractivity contribution is 0.472. The Morgan fingerprint density at radius 2 is 1.73 bits per heavy atom. The van der Waals surface area contributed by atoms with Crippen molar-refractivity contribution in [3.8, 4) is 11.5 Å². The van der Waals surface area contributed by atoms with Gasteiger partial charge in [0.25, 0.3) is 11.0 Å². The molecule has 0 atom stereocenters. The number of hydrogen-bond donors (Lipinski definition) is 2. The van der Waals surface area contributed by atoms with Crippen molar-refractivity contribution >= 4 is 11.0 Å². The van der Waals surface area contributed by atoms with Gasteiger partial charge in [-0.3, -0.25) is 0 Å². The fourth-order valence-electron chi connectivity index (χ4n) is 0.593. The highest BCUT2D eigenvalue weighted by molar-refractivity contribution is 7.67. The SMILES string of the molecule is O=[SH](=O)Oc1ccc(O)cc1. The summed E-state index contributed by atoms with van der Waals surface area (Å²) in [6.45, 7) is 0. The molecule has 1 aromatic rings. The molecule has 60 valence electrons. The highest BCUT2D eigenvalue weighted by Crippen LogP contribution is 2.15. The largest absolute Gasteiger partial charge is 0.508 e. The van der Waals surface area contributed by atoms with Gasteiger partial charge < -0.3 is 9.29 Å². The second-order valence-corrected chi connectivity index (χ2v) is 2.44. The summed E-state index contributed by atoms with van der Waals surface area (Å²) in [6.07, 6.45) is 0. The Balaban J connectivity index is 2.82. The predicted octanol–water partition coefficient (Wildman–Crippen LogP) is 0.297. The second kappa shape index (κ2) is 3.25. The average Bonchev–Trinajstić information content (AvgIpc) is 1.93. The highest BCUT2D eigenvalue weighted by atomic mass is 32.2. The molecule has 0 saturated carbocycles. The molecule has 1 aromatic carbocycles. The minimum Gasteiger partial charge on any atom is -0.508 e. The topological polar surface area (TPSA) is 63.6 Å². The highest BCUT2D eigenvalue weighted by Gasteiger charge is 1.92. The van der Waals surface area contributed by atoms with E-state index in [1.165, 1.54) is 24.3 Å². The lowest BCUT2D eigenvalue weighted by Gasteiger charge is -1.95. The fraction of sp³-hybridized carbons (Fsp3) is 0. The van der Waals surface area contributed by atoms with Crippen LogP contribution in [0.25, 0.3) is 0 Å². The molecule has 11 heavy (non-hydrogen) atoms. The van der Waals surface area contributed by atoms with Crippen LogP contribution in [-0.4, -0.2) is 13.5 Å². The minimum absolute atomic E-state index is 0.0680.